The van der Waals surface area contributed by atoms with Gasteiger partial charge in [0.15, 0.2) is 0 Å². The molecule has 0 aliphatic carbocycles. The van der Waals surface area contributed by atoms with Crippen LogP contribution in [-0.4, -0.2) is 0 Å². The minimum atomic E-state index is 0.473. The van der Waals surface area contributed by atoms with Gasteiger partial charge in [-0.25, -0.2) is 0 Å². The van der Waals surface area contributed by atoms with Crippen LogP contribution in [-0.2, 0) is 6.42 Å². The zero-order chi connectivity index (χ0) is 10.5. The monoisotopic (exact) mass is 193 g/mol. The minimum Gasteiger partial charge on any atom is -0.198 e. The molecule has 0 radical (unpaired) electrons. The van der Waals surface area contributed by atoms with Crippen LogP contribution < -0.4 is 0 Å². The highest BCUT2D eigenvalue weighted by molar-refractivity contribution is 5.64. The lowest BCUT2D eigenvalue weighted by atomic mass is 10.0. The Morgan fingerprint density at radius 1 is 0.867 bits per heavy atom. The molecule has 0 unspecified atom stereocenters. The summed E-state index contributed by atoms with van der Waals surface area (Å²) < 4.78 is 0. The maximum atomic E-state index is 8.63. The van der Waals surface area contributed by atoms with E-state index in [4.69, 9.17) is 5.26 Å². The molecule has 0 saturated carbocycles. The van der Waals surface area contributed by atoms with Crippen molar-refractivity contribution < 1.29 is 0 Å². The quantitative estimate of drug-likeness (QED) is 0.716. The molecule has 72 valence electrons. The summed E-state index contributed by atoms with van der Waals surface area (Å²) in [6, 6.07) is 20.5. The zero-order valence-corrected chi connectivity index (χ0v) is 8.35. The van der Waals surface area contributed by atoms with Crippen molar-refractivity contribution in [3.8, 4) is 17.2 Å². The van der Waals surface area contributed by atoms with Gasteiger partial charge in [0.2, 0.25) is 0 Å². The second-order valence-electron chi connectivity index (χ2n) is 3.40. The van der Waals surface area contributed by atoms with Crippen LogP contribution in [0.2, 0.25) is 0 Å². The van der Waals surface area contributed by atoms with Crippen LogP contribution >= 0.6 is 0 Å². The lowest BCUT2D eigenvalue weighted by Gasteiger charge is -2.02. The van der Waals surface area contributed by atoms with Crippen LogP contribution in [0.25, 0.3) is 11.1 Å². The summed E-state index contributed by atoms with van der Waals surface area (Å²) in [5, 5.41) is 8.63. The van der Waals surface area contributed by atoms with Gasteiger partial charge in [-0.05, 0) is 16.7 Å². The van der Waals surface area contributed by atoms with E-state index in [0.717, 1.165) is 5.56 Å². The first kappa shape index (κ1) is 9.48. The van der Waals surface area contributed by atoms with Gasteiger partial charge in [-0.2, -0.15) is 5.26 Å². The van der Waals surface area contributed by atoms with Crippen LogP contribution in [0, 0.1) is 11.3 Å². The summed E-state index contributed by atoms with van der Waals surface area (Å²) in [5.74, 6) is 0. The maximum absolute atomic E-state index is 8.63. The molecule has 0 heterocycles. The van der Waals surface area contributed by atoms with Crippen molar-refractivity contribution in [1.82, 2.24) is 0 Å². The number of hydrogen-bond acceptors (Lipinski definition) is 1. The number of benzene rings is 2. The standard InChI is InChI=1S/C14H11N/c15-10-9-12-5-4-8-14(11-12)13-6-2-1-3-7-13/h1-8,11H,9H2. The average molecular weight is 193 g/mol. The van der Waals surface area contributed by atoms with Crippen LogP contribution in [0.4, 0.5) is 0 Å². The summed E-state index contributed by atoms with van der Waals surface area (Å²) >= 11 is 0. The molecule has 0 fully saturated rings. The number of hydrogen-bond donors (Lipinski definition) is 0. The van der Waals surface area contributed by atoms with Crippen LogP contribution in [0.1, 0.15) is 5.56 Å². The normalized spacial score (nSPS) is 9.53. The highest BCUT2D eigenvalue weighted by Gasteiger charge is 1.97. The molecule has 0 aliphatic heterocycles. The number of nitrogens with zero attached hydrogens (tertiary/aromatic N) is 1. The Kier molecular flexibility index (Phi) is 2.80. The summed E-state index contributed by atoms with van der Waals surface area (Å²) in [6.45, 7) is 0. The summed E-state index contributed by atoms with van der Waals surface area (Å²) in [4.78, 5) is 0. The Morgan fingerprint density at radius 2 is 1.60 bits per heavy atom. The van der Waals surface area contributed by atoms with Crippen molar-refractivity contribution in [2.24, 2.45) is 0 Å². The molecule has 0 saturated heterocycles. The molecule has 1 heteroatoms. The third-order valence-electron chi connectivity index (χ3n) is 2.32. The molecule has 15 heavy (non-hydrogen) atoms. The van der Waals surface area contributed by atoms with E-state index in [0.29, 0.717) is 6.42 Å². The van der Waals surface area contributed by atoms with Crippen molar-refractivity contribution in [3.05, 3.63) is 60.2 Å². The van der Waals surface area contributed by atoms with Gasteiger partial charge in [0, 0.05) is 0 Å². The Hall–Kier alpha value is -2.07. The molecule has 1 nitrogen and oxygen atoms in total. The first-order valence-corrected chi connectivity index (χ1v) is 4.91. The molecule has 2 aromatic carbocycles. The summed E-state index contributed by atoms with van der Waals surface area (Å²) in [7, 11) is 0. The van der Waals surface area contributed by atoms with Crippen molar-refractivity contribution in [3.63, 3.8) is 0 Å². The van der Waals surface area contributed by atoms with Gasteiger partial charge in [-0.1, -0.05) is 54.6 Å². The maximum Gasteiger partial charge on any atom is 0.0669 e. The van der Waals surface area contributed by atoms with Crippen molar-refractivity contribution in [2.75, 3.05) is 0 Å². The fourth-order valence-corrected chi connectivity index (χ4v) is 1.58. The molecular formula is C14H11N. The average Bonchev–Trinajstić information content (AvgIpc) is 2.31. The van der Waals surface area contributed by atoms with Gasteiger partial charge in [-0.15, -0.1) is 0 Å². The molecular weight excluding hydrogens is 182 g/mol. The Balaban J connectivity index is 2.38. The van der Waals surface area contributed by atoms with E-state index >= 15 is 0 Å². The summed E-state index contributed by atoms with van der Waals surface area (Å²) in [5.41, 5.74) is 3.43. The van der Waals surface area contributed by atoms with E-state index in [9.17, 15) is 0 Å². The lowest BCUT2D eigenvalue weighted by Crippen LogP contribution is -1.83. The lowest BCUT2D eigenvalue weighted by molar-refractivity contribution is 1.26. The van der Waals surface area contributed by atoms with E-state index in [2.05, 4.69) is 30.3 Å². The Bertz CT molecular complexity index is 480. The second-order valence-corrected chi connectivity index (χ2v) is 3.40. The fraction of sp³-hybridized carbons (Fsp3) is 0.0714. The van der Waals surface area contributed by atoms with Crippen molar-refractivity contribution in [1.29, 1.82) is 5.26 Å². The van der Waals surface area contributed by atoms with E-state index in [1.165, 1.54) is 11.1 Å². The number of rotatable bonds is 2. The largest absolute Gasteiger partial charge is 0.198 e. The third kappa shape index (κ3) is 2.24. The smallest absolute Gasteiger partial charge is 0.0669 e. The molecule has 0 spiro atoms. The number of nitriles is 1. The van der Waals surface area contributed by atoms with Gasteiger partial charge < -0.3 is 0 Å². The highest BCUT2D eigenvalue weighted by atomic mass is 14.2. The molecule has 0 amide bonds. The van der Waals surface area contributed by atoms with Gasteiger partial charge in [0.05, 0.1) is 12.5 Å². The highest BCUT2D eigenvalue weighted by Crippen LogP contribution is 2.19. The van der Waals surface area contributed by atoms with Crippen molar-refractivity contribution in [2.45, 2.75) is 6.42 Å². The molecule has 0 aliphatic rings. The van der Waals surface area contributed by atoms with Crippen LogP contribution in [0.3, 0.4) is 0 Å². The Labute approximate surface area is 89.6 Å². The molecule has 2 aromatic rings. The van der Waals surface area contributed by atoms with E-state index in [1.807, 2.05) is 30.3 Å². The van der Waals surface area contributed by atoms with Crippen LogP contribution in [0.5, 0.6) is 0 Å². The summed E-state index contributed by atoms with van der Waals surface area (Å²) in [6.07, 6.45) is 0.473. The van der Waals surface area contributed by atoms with E-state index in [1.54, 1.807) is 0 Å². The molecule has 0 aromatic heterocycles. The van der Waals surface area contributed by atoms with Gasteiger partial charge >= 0.3 is 0 Å². The minimum absolute atomic E-state index is 0.473. The molecule has 0 bridgehead atoms. The predicted molar refractivity (Wildman–Crippen MR) is 61.2 cm³/mol. The van der Waals surface area contributed by atoms with E-state index < -0.39 is 0 Å². The topological polar surface area (TPSA) is 23.8 Å². The predicted octanol–water partition coefficient (Wildman–Crippen LogP) is 3.42. The van der Waals surface area contributed by atoms with Gasteiger partial charge in [0.1, 0.15) is 0 Å². The fourth-order valence-electron chi connectivity index (χ4n) is 1.58. The first-order valence-electron chi connectivity index (χ1n) is 4.91. The molecule has 2 rings (SSSR count). The first-order chi connectivity index (χ1) is 7.40. The van der Waals surface area contributed by atoms with E-state index in [-0.39, 0.29) is 0 Å². The van der Waals surface area contributed by atoms with Gasteiger partial charge in [0.25, 0.3) is 0 Å². The molecule has 0 atom stereocenters. The zero-order valence-electron chi connectivity index (χ0n) is 8.35. The van der Waals surface area contributed by atoms with Gasteiger partial charge in [-0.3, -0.25) is 0 Å². The van der Waals surface area contributed by atoms with Crippen LogP contribution in [0.15, 0.2) is 54.6 Å². The SMILES string of the molecule is N#CCc1cccc(-c2ccccc2)c1. The molecule has 0 N–H and O–H groups in total. The third-order valence-corrected chi connectivity index (χ3v) is 2.32. The second kappa shape index (κ2) is 4.43. The Morgan fingerprint density at radius 3 is 2.33 bits per heavy atom. The van der Waals surface area contributed by atoms with Crippen molar-refractivity contribution >= 4 is 0 Å².